The van der Waals surface area contributed by atoms with Crippen LogP contribution in [0.4, 0.5) is 15.9 Å². The van der Waals surface area contributed by atoms with Crippen molar-refractivity contribution >= 4 is 27.4 Å². The van der Waals surface area contributed by atoms with E-state index < -0.39 is 0 Å². The van der Waals surface area contributed by atoms with Gasteiger partial charge in [-0.2, -0.15) is 5.10 Å². The number of nitrogens with one attached hydrogen (secondary N) is 1. The number of aromatic nitrogens is 3. The lowest BCUT2D eigenvalue weighted by Gasteiger charge is -2.11. The topological polar surface area (TPSA) is 42.7 Å². The average molecular weight is 409 g/mol. The molecule has 2 heterocycles. The molecule has 4 nitrogen and oxygen atoms in total. The Morgan fingerprint density at radius 1 is 0.923 bits per heavy atom. The van der Waals surface area contributed by atoms with Gasteiger partial charge in [-0.05, 0) is 64.5 Å². The van der Waals surface area contributed by atoms with Crippen molar-refractivity contribution in [2.45, 2.75) is 0 Å². The van der Waals surface area contributed by atoms with Gasteiger partial charge >= 0.3 is 0 Å². The molecule has 0 saturated heterocycles. The van der Waals surface area contributed by atoms with Crippen molar-refractivity contribution in [3.05, 3.63) is 89.4 Å². The van der Waals surface area contributed by atoms with Crippen LogP contribution in [0.2, 0.25) is 0 Å². The fourth-order valence-corrected chi connectivity index (χ4v) is 3.00. The summed E-state index contributed by atoms with van der Waals surface area (Å²) in [5.41, 5.74) is 3.43. The summed E-state index contributed by atoms with van der Waals surface area (Å²) >= 11 is 3.55. The number of para-hydroxylation sites is 1. The van der Waals surface area contributed by atoms with E-state index in [1.807, 2.05) is 42.5 Å². The van der Waals surface area contributed by atoms with Gasteiger partial charge in [-0.15, -0.1) is 0 Å². The molecule has 26 heavy (non-hydrogen) atoms. The molecule has 4 aromatic rings. The molecule has 0 bridgehead atoms. The lowest BCUT2D eigenvalue weighted by atomic mass is 10.2. The lowest BCUT2D eigenvalue weighted by molar-refractivity contribution is 0.627. The molecule has 0 fully saturated rings. The van der Waals surface area contributed by atoms with Crippen LogP contribution in [0.3, 0.4) is 0 Å². The first kappa shape index (κ1) is 16.5. The van der Waals surface area contributed by atoms with Gasteiger partial charge in [0, 0.05) is 28.5 Å². The second kappa shape index (κ2) is 7.09. The van der Waals surface area contributed by atoms with E-state index in [0.29, 0.717) is 0 Å². The highest BCUT2D eigenvalue weighted by Crippen LogP contribution is 2.30. The van der Waals surface area contributed by atoms with Gasteiger partial charge in [0.1, 0.15) is 11.6 Å². The summed E-state index contributed by atoms with van der Waals surface area (Å²) in [5.74, 6) is 0.492. The number of anilines is 2. The smallest absolute Gasteiger partial charge is 0.134 e. The predicted octanol–water partition coefficient (Wildman–Crippen LogP) is 5.58. The Morgan fingerprint density at radius 3 is 2.38 bits per heavy atom. The zero-order chi connectivity index (χ0) is 17.9. The minimum atomic E-state index is -0.282. The first-order valence-electron chi connectivity index (χ1n) is 7.99. The highest BCUT2D eigenvalue weighted by molar-refractivity contribution is 9.10. The van der Waals surface area contributed by atoms with Crippen molar-refractivity contribution in [1.82, 2.24) is 14.8 Å². The number of nitrogens with zero attached hydrogens (tertiary/aromatic N) is 3. The lowest BCUT2D eigenvalue weighted by Crippen LogP contribution is -2.03. The van der Waals surface area contributed by atoms with Crippen molar-refractivity contribution in [2.75, 3.05) is 5.32 Å². The molecule has 0 saturated carbocycles. The maximum absolute atomic E-state index is 13.3. The van der Waals surface area contributed by atoms with Gasteiger partial charge in [0.25, 0.3) is 0 Å². The molecule has 0 aliphatic carbocycles. The normalized spacial score (nSPS) is 10.7. The molecular formula is C20H14BrFN4. The molecule has 4 rings (SSSR count). The highest BCUT2D eigenvalue weighted by Gasteiger charge is 2.12. The van der Waals surface area contributed by atoms with Crippen LogP contribution in [0.15, 0.2) is 83.6 Å². The summed E-state index contributed by atoms with van der Waals surface area (Å²) < 4.78 is 16.0. The van der Waals surface area contributed by atoms with E-state index in [-0.39, 0.29) is 5.82 Å². The summed E-state index contributed by atoms with van der Waals surface area (Å²) in [6.45, 7) is 0. The van der Waals surface area contributed by atoms with E-state index in [1.165, 1.54) is 12.1 Å². The third kappa shape index (κ3) is 3.36. The summed E-state index contributed by atoms with van der Waals surface area (Å²) in [4.78, 5) is 4.05. The Balaban J connectivity index is 1.81. The molecule has 6 heteroatoms. The Labute approximate surface area is 158 Å². The van der Waals surface area contributed by atoms with Crippen molar-refractivity contribution < 1.29 is 4.39 Å². The molecule has 0 atom stereocenters. The van der Waals surface area contributed by atoms with E-state index in [2.05, 4.69) is 26.2 Å². The largest absolute Gasteiger partial charge is 0.339 e. The molecule has 0 aliphatic heterocycles. The average Bonchev–Trinajstić information content (AvgIpc) is 3.09. The molecule has 2 aromatic heterocycles. The summed E-state index contributed by atoms with van der Waals surface area (Å²) in [6, 6.07) is 19.8. The Hall–Kier alpha value is -2.99. The number of hydrogen-bond donors (Lipinski definition) is 1. The first-order valence-corrected chi connectivity index (χ1v) is 8.78. The Bertz CT molecular complexity index is 1030. The second-order valence-electron chi connectivity index (χ2n) is 5.64. The van der Waals surface area contributed by atoms with Gasteiger partial charge in [0.05, 0.1) is 17.1 Å². The quantitative estimate of drug-likeness (QED) is 0.479. The van der Waals surface area contributed by atoms with E-state index in [0.717, 1.165) is 32.9 Å². The molecule has 0 amide bonds. The minimum absolute atomic E-state index is 0.282. The van der Waals surface area contributed by atoms with Crippen LogP contribution in [-0.2, 0) is 0 Å². The van der Waals surface area contributed by atoms with Crippen molar-refractivity contribution in [1.29, 1.82) is 0 Å². The predicted molar refractivity (Wildman–Crippen MR) is 104 cm³/mol. The van der Waals surface area contributed by atoms with Crippen LogP contribution in [0.1, 0.15) is 0 Å². The zero-order valence-corrected chi connectivity index (χ0v) is 15.2. The monoisotopic (exact) mass is 408 g/mol. The van der Waals surface area contributed by atoms with Crippen LogP contribution in [0.5, 0.6) is 0 Å². The number of hydrogen-bond acceptors (Lipinski definition) is 3. The zero-order valence-electron chi connectivity index (χ0n) is 13.6. The van der Waals surface area contributed by atoms with Gasteiger partial charge in [0.15, 0.2) is 0 Å². The second-order valence-corrected chi connectivity index (χ2v) is 6.50. The van der Waals surface area contributed by atoms with Crippen LogP contribution >= 0.6 is 15.9 Å². The third-order valence-corrected chi connectivity index (χ3v) is 4.58. The van der Waals surface area contributed by atoms with Gasteiger partial charge < -0.3 is 5.32 Å². The van der Waals surface area contributed by atoms with Gasteiger partial charge in [0.2, 0.25) is 0 Å². The van der Waals surface area contributed by atoms with Crippen molar-refractivity contribution in [3.8, 4) is 16.9 Å². The summed E-state index contributed by atoms with van der Waals surface area (Å²) in [7, 11) is 0. The number of benzene rings is 2. The summed E-state index contributed by atoms with van der Waals surface area (Å²) in [5, 5.41) is 8.08. The fraction of sp³-hybridized carbons (Fsp3) is 0. The van der Waals surface area contributed by atoms with Gasteiger partial charge in [-0.25, -0.2) is 9.07 Å². The number of pyridine rings is 1. The fourth-order valence-electron chi connectivity index (χ4n) is 2.61. The van der Waals surface area contributed by atoms with E-state index in [9.17, 15) is 4.39 Å². The molecule has 0 spiro atoms. The van der Waals surface area contributed by atoms with Gasteiger partial charge in [-0.3, -0.25) is 4.98 Å². The van der Waals surface area contributed by atoms with E-state index in [1.54, 1.807) is 29.2 Å². The van der Waals surface area contributed by atoms with E-state index >= 15 is 0 Å². The molecule has 1 N–H and O–H groups in total. The third-order valence-electron chi connectivity index (χ3n) is 3.89. The van der Waals surface area contributed by atoms with Crippen LogP contribution in [0, 0.1) is 5.82 Å². The standard InChI is InChI=1S/C20H14BrFN4/c21-17-3-1-2-4-18(17)24-20-13-19(14-9-11-23-12-10-14)25-26(20)16-7-5-15(22)6-8-16/h1-13,24H. The Morgan fingerprint density at radius 2 is 1.65 bits per heavy atom. The SMILES string of the molecule is Fc1ccc(-n2nc(-c3ccncc3)cc2Nc2ccccc2Br)cc1. The molecular weight excluding hydrogens is 395 g/mol. The first-order chi connectivity index (χ1) is 12.7. The maximum Gasteiger partial charge on any atom is 0.134 e. The van der Waals surface area contributed by atoms with Gasteiger partial charge in [-0.1, -0.05) is 12.1 Å². The Kier molecular flexibility index (Phi) is 4.50. The molecule has 0 aliphatic rings. The number of rotatable bonds is 4. The highest BCUT2D eigenvalue weighted by atomic mass is 79.9. The summed E-state index contributed by atoms with van der Waals surface area (Å²) in [6.07, 6.45) is 3.46. The molecule has 128 valence electrons. The van der Waals surface area contributed by atoms with Crippen LogP contribution in [0.25, 0.3) is 16.9 Å². The number of halogens is 2. The van der Waals surface area contributed by atoms with E-state index in [4.69, 9.17) is 5.10 Å². The maximum atomic E-state index is 13.3. The molecule has 2 aromatic carbocycles. The van der Waals surface area contributed by atoms with Crippen LogP contribution in [-0.4, -0.2) is 14.8 Å². The molecule has 0 unspecified atom stereocenters. The van der Waals surface area contributed by atoms with Crippen molar-refractivity contribution in [3.63, 3.8) is 0 Å². The minimum Gasteiger partial charge on any atom is -0.339 e. The van der Waals surface area contributed by atoms with Crippen molar-refractivity contribution in [2.24, 2.45) is 0 Å². The molecule has 0 radical (unpaired) electrons. The van der Waals surface area contributed by atoms with Crippen LogP contribution < -0.4 is 5.32 Å².